The minimum Gasteiger partial charge on any atom is -0.456 e. The van der Waals surface area contributed by atoms with E-state index in [1.54, 1.807) is 0 Å². The summed E-state index contributed by atoms with van der Waals surface area (Å²) in [6, 6.07) is 26.9. The normalized spacial score (nSPS) is 17.3. The summed E-state index contributed by atoms with van der Waals surface area (Å²) in [5.41, 5.74) is 12.4. The largest absolute Gasteiger partial charge is 0.456 e. The monoisotopic (exact) mass is 529 g/mol. The van der Waals surface area contributed by atoms with Crippen LogP contribution in [-0.4, -0.2) is 19.1 Å². The van der Waals surface area contributed by atoms with E-state index < -0.39 is 0 Å². The first kappa shape index (κ1) is 26.4. The Balaban J connectivity index is 1.70. The Morgan fingerprint density at radius 3 is 2.27 bits per heavy atom. The van der Waals surface area contributed by atoms with E-state index in [4.69, 9.17) is 4.42 Å². The second kappa shape index (κ2) is 9.66. The maximum absolute atomic E-state index is 6.83. The van der Waals surface area contributed by atoms with Gasteiger partial charge in [0.1, 0.15) is 18.4 Å². The Bertz CT molecular complexity index is 1790. The zero-order valence-electron chi connectivity index (χ0n) is 25.2. The van der Waals surface area contributed by atoms with Gasteiger partial charge < -0.3 is 9.32 Å². The Morgan fingerprint density at radius 2 is 1.57 bits per heavy atom. The summed E-state index contributed by atoms with van der Waals surface area (Å²) in [7, 11) is 2.12. The van der Waals surface area contributed by atoms with Crippen molar-refractivity contribution in [2.75, 3.05) is 18.5 Å². The lowest BCUT2D eigenvalue weighted by molar-refractivity contribution is 0.381. The highest BCUT2D eigenvalue weighted by molar-refractivity contribution is 6.04. The Labute approximate surface area is 238 Å². The van der Waals surface area contributed by atoms with Crippen LogP contribution in [0.3, 0.4) is 0 Å². The van der Waals surface area contributed by atoms with Gasteiger partial charge in [0.15, 0.2) is 0 Å². The van der Waals surface area contributed by atoms with Crippen molar-refractivity contribution in [3.63, 3.8) is 0 Å². The Morgan fingerprint density at radius 1 is 0.875 bits per heavy atom. The van der Waals surface area contributed by atoms with Crippen molar-refractivity contribution in [3.8, 4) is 22.5 Å². The van der Waals surface area contributed by atoms with Crippen molar-refractivity contribution >= 4 is 22.3 Å². The van der Waals surface area contributed by atoms with E-state index in [1.807, 2.05) is 0 Å². The standard InChI is InChI=1S/C37H41N2O/c1-9-39-33-21-35-32(20-31(33)26(5)22-37(39,6)7)36(29-16-12-24(3)18-25(29)4)30-17-15-28(19-34(30)40-35)38(8)27-13-10-23(2)11-14-27/h10-21,26H,9,22H2,1-8H3/q+1. The molecule has 204 valence electrons. The van der Waals surface area contributed by atoms with Crippen molar-refractivity contribution < 1.29 is 4.42 Å². The number of anilines is 1. The van der Waals surface area contributed by atoms with Crippen LogP contribution in [0.4, 0.5) is 11.4 Å². The Kier molecular flexibility index (Phi) is 6.37. The minimum atomic E-state index is 0.103. The van der Waals surface area contributed by atoms with E-state index in [1.165, 1.54) is 44.5 Å². The molecule has 0 amide bonds. The van der Waals surface area contributed by atoms with E-state index in [0.29, 0.717) is 5.92 Å². The number of aryl methyl sites for hydroxylation is 3. The molecule has 3 nitrogen and oxygen atoms in total. The first-order valence-electron chi connectivity index (χ1n) is 14.6. The van der Waals surface area contributed by atoms with Crippen molar-refractivity contribution in [1.29, 1.82) is 0 Å². The molecule has 0 spiro atoms. The summed E-state index contributed by atoms with van der Waals surface area (Å²) in [5.74, 6) is 1.38. The number of nitrogens with zero attached hydrogens (tertiary/aromatic N) is 2. The van der Waals surface area contributed by atoms with Crippen LogP contribution >= 0.6 is 0 Å². The van der Waals surface area contributed by atoms with Gasteiger partial charge in [-0.3, -0.25) is 0 Å². The third-order valence-corrected chi connectivity index (χ3v) is 8.99. The van der Waals surface area contributed by atoms with Gasteiger partial charge in [-0.2, -0.15) is 4.58 Å². The molecule has 0 aromatic heterocycles. The predicted octanol–water partition coefficient (Wildman–Crippen LogP) is 8.98. The van der Waals surface area contributed by atoms with Gasteiger partial charge in [0.2, 0.25) is 11.0 Å². The molecule has 2 heterocycles. The van der Waals surface area contributed by atoms with Crippen LogP contribution in [0.25, 0.3) is 33.4 Å². The van der Waals surface area contributed by atoms with E-state index in [2.05, 4.69) is 138 Å². The van der Waals surface area contributed by atoms with Crippen molar-refractivity contribution in [3.05, 3.63) is 100 Å². The molecule has 1 unspecified atom stereocenters. The lowest BCUT2D eigenvalue weighted by Gasteiger charge is -2.47. The molecule has 2 aliphatic heterocycles. The molecule has 6 rings (SSSR count). The third-order valence-electron chi connectivity index (χ3n) is 8.99. The van der Waals surface area contributed by atoms with E-state index in [9.17, 15) is 0 Å². The Hall–Kier alpha value is -3.85. The fraction of sp³-hybridized carbons (Fsp3) is 0.324. The molecular weight excluding hydrogens is 488 g/mol. The first-order chi connectivity index (χ1) is 19.1. The molecule has 1 aliphatic carbocycles. The lowest BCUT2D eigenvalue weighted by atomic mass is 9.79. The SMILES string of the molecule is CCN1c2cc3oc4cc(=[N+](C)c5ccc(C)cc5)ccc-4c(-c4ccc(C)cc4C)c3cc2C(C)CC1(C)C. The van der Waals surface area contributed by atoms with Crippen LogP contribution in [0.1, 0.15) is 62.3 Å². The van der Waals surface area contributed by atoms with Gasteiger partial charge in [-0.25, -0.2) is 0 Å². The number of hydrogen-bond donors (Lipinski definition) is 0. The summed E-state index contributed by atoms with van der Waals surface area (Å²) < 4.78 is 9.05. The van der Waals surface area contributed by atoms with Gasteiger partial charge in [-0.1, -0.05) is 48.4 Å². The van der Waals surface area contributed by atoms with Gasteiger partial charge in [-0.15, -0.1) is 0 Å². The van der Waals surface area contributed by atoms with E-state index in [-0.39, 0.29) is 5.54 Å². The molecule has 3 aliphatic rings. The lowest BCUT2D eigenvalue weighted by Crippen LogP contribution is -2.48. The van der Waals surface area contributed by atoms with Gasteiger partial charge in [0, 0.05) is 58.5 Å². The van der Waals surface area contributed by atoms with Crippen molar-refractivity contribution in [1.82, 2.24) is 4.58 Å². The molecule has 0 radical (unpaired) electrons. The smallest absolute Gasteiger partial charge is 0.209 e. The zero-order chi connectivity index (χ0) is 28.3. The molecular formula is C37H41N2O+. The third kappa shape index (κ3) is 4.33. The predicted molar refractivity (Wildman–Crippen MR) is 170 cm³/mol. The maximum Gasteiger partial charge on any atom is 0.209 e. The fourth-order valence-electron chi connectivity index (χ4n) is 6.96. The number of fused-ring (bicyclic) bond motifs is 3. The van der Waals surface area contributed by atoms with Crippen LogP contribution < -0.4 is 14.8 Å². The van der Waals surface area contributed by atoms with Crippen molar-refractivity contribution in [2.24, 2.45) is 0 Å². The zero-order valence-corrected chi connectivity index (χ0v) is 25.2. The maximum atomic E-state index is 6.83. The first-order valence-corrected chi connectivity index (χ1v) is 14.6. The second-order valence-electron chi connectivity index (χ2n) is 12.4. The van der Waals surface area contributed by atoms with E-state index >= 15 is 0 Å². The summed E-state index contributed by atoms with van der Waals surface area (Å²) >= 11 is 0. The molecule has 0 saturated heterocycles. The quantitative estimate of drug-likeness (QED) is 0.172. The van der Waals surface area contributed by atoms with Gasteiger partial charge >= 0.3 is 0 Å². The van der Waals surface area contributed by atoms with Crippen LogP contribution in [0.5, 0.6) is 0 Å². The summed E-state index contributed by atoms with van der Waals surface area (Å²) in [4.78, 5) is 2.56. The highest BCUT2D eigenvalue weighted by Crippen LogP contribution is 2.48. The van der Waals surface area contributed by atoms with Crippen LogP contribution in [-0.2, 0) is 0 Å². The average Bonchev–Trinajstić information content (AvgIpc) is 2.91. The van der Waals surface area contributed by atoms with Gasteiger partial charge in [0.25, 0.3) is 0 Å². The summed E-state index contributed by atoms with van der Waals surface area (Å²) in [5, 5.41) is 2.30. The molecule has 40 heavy (non-hydrogen) atoms. The average molecular weight is 530 g/mol. The summed E-state index contributed by atoms with van der Waals surface area (Å²) in [6.07, 6.45) is 1.14. The molecule has 0 fully saturated rings. The fourth-order valence-corrected chi connectivity index (χ4v) is 6.96. The number of rotatable bonds is 3. The molecule has 3 heteroatoms. The highest BCUT2D eigenvalue weighted by Gasteiger charge is 2.36. The minimum absolute atomic E-state index is 0.103. The van der Waals surface area contributed by atoms with E-state index in [0.717, 1.165) is 40.9 Å². The molecule has 1 atom stereocenters. The van der Waals surface area contributed by atoms with Crippen LogP contribution in [0, 0.1) is 20.8 Å². The number of benzene rings is 4. The molecule has 0 bridgehead atoms. The molecule has 3 aromatic rings. The van der Waals surface area contributed by atoms with Crippen LogP contribution in [0.15, 0.2) is 77.2 Å². The van der Waals surface area contributed by atoms with Gasteiger partial charge in [-0.05, 0) is 82.7 Å². The van der Waals surface area contributed by atoms with Crippen molar-refractivity contribution in [2.45, 2.75) is 66.3 Å². The topological polar surface area (TPSA) is 19.4 Å². The second-order valence-corrected chi connectivity index (χ2v) is 12.4. The summed E-state index contributed by atoms with van der Waals surface area (Å²) in [6.45, 7) is 16.9. The highest BCUT2D eigenvalue weighted by atomic mass is 16.3. The molecule has 0 N–H and O–H groups in total. The molecule has 0 saturated carbocycles. The molecule has 3 aromatic carbocycles. The number of hydrogen-bond acceptors (Lipinski definition) is 2. The van der Waals surface area contributed by atoms with Gasteiger partial charge in [0.05, 0.1) is 6.07 Å². The van der Waals surface area contributed by atoms with Crippen LogP contribution in [0.2, 0.25) is 0 Å².